The maximum Gasteiger partial charge on any atom is 0.272 e. The van der Waals surface area contributed by atoms with Crippen molar-refractivity contribution in [2.45, 2.75) is 6.92 Å². The Morgan fingerprint density at radius 2 is 1.84 bits per heavy atom. The van der Waals surface area contributed by atoms with Crippen molar-refractivity contribution in [2.75, 3.05) is 5.32 Å². The van der Waals surface area contributed by atoms with Crippen LogP contribution < -0.4 is 5.32 Å². The lowest BCUT2D eigenvalue weighted by Gasteiger charge is -2.09. The molecule has 0 aliphatic carbocycles. The topological polar surface area (TPSA) is 54.3 Å². The number of rotatable bonds is 2. The maximum absolute atomic E-state index is 12.1. The van der Waals surface area contributed by atoms with Gasteiger partial charge in [0.05, 0.1) is 10.0 Å². The summed E-state index contributed by atoms with van der Waals surface area (Å²) in [7, 11) is 1.81. The average molecular weight is 299 g/mol. The number of amides is 1. The molecule has 1 heterocycles. The molecule has 0 bridgehead atoms. The lowest BCUT2D eigenvalue weighted by molar-refractivity contribution is 0.101. The summed E-state index contributed by atoms with van der Waals surface area (Å²) in [6, 6.07) is 6.47. The quantitative estimate of drug-likeness (QED) is 0.832. The van der Waals surface area contributed by atoms with Gasteiger partial charge in [-0.25, -0.2) is 0 Å². The van der Waals surface area contributed by atoms with Crippen molar-refractivity contribution in [3.63, 3.8) is 0 Å². The summed E-state index contributed by atoms with van der Waals surface area (Å²) in [6.07, 6.45) is 0. The minimum absolute atomic E-state index is 0.0888. The van der Waals surface area contributed by atoms with Crippen LogP contribution in [0.3, 0.4) is 0 Å². The smallest absolute Gasteiger partial charge is 0.272 e. The van der Waals surface area contributed by atoms with Crippen LogP contribution in [0.25, 0.3) is 0 Å². The number of anilines is 1. The summed E-state index contributed by atoms with van der Waals surface area (Å²) in [6.45, 7) is 1.91. The first-order chi connectivity index (χ1) is 8.90. The van der Waals surface area contributed by atoms with Crippen molar-refractivity contribution in [2.24, 2.45) is 7.05 Å². The molecule has 0 aliphatic heterocycles. The Morgan fingerprint density at radius 1 is 1.26 bits per heavy atom. The Balaban J connectivity index is 2.27. The zero-order valence-electron chi connectivity index (χ0n) is 10.4. The van der Waals surface area contributed by atoms with Crippen LogP contribution in [0.1, 0.15) is 16.2 Å². The minimum atomic E-state index is -0.270. The molecule has 0 spiro atoms. The van der Waals surface area contributed by atoms with Crippen molar-refractivity contribution in [3.05, 3.63) is 45.7 Å². The molecular weight excluding hydrogens is 287 g/mol. The first-order valence-corrected chi connectivity index (χ1v) is 6.27. The zero-order chi connectivity index (χ0) is 14.2. The Morgan fingerprint density at radius 3 is 2.32 bits per heavy atom. The molecule has 6 heteroatoms. The molecule has 2 aromatic rings. The molecule has 4 nitrogen and oxygen atoms in total. The van der Waals surface area contributed by atoms with E-state index in [1.54, 1.807) is 17.7 Å². The van der Waals surface area contributed by atoms with E-state index >= 15 is 0 Å². The van der Waals surface area contributed by atoms with Gasteiger partial charge in [-0.1, -0.05) is 23.2 Å². The molecule has 0 radical (unpaired) electrons. The largest absolute Gasteiger partial charge is 0.505 e. The predicted octanol–water partition coefficient (Wildman–Crippen LogP) is 3.60. The number of nitrogens with one attached hydrogen (secondary N) is 1. The fourth-order valence-electron chi connectivity index (χ4n) is 1.67. The summed E-state index contributed by atoms with van der Waals surface area (Å²) < 4.78 is 1.78. The van der Waals surface area contributed by atoms with E-state index in [9.17, 15) is 9.90 Å². The highest BCUT2D eigenvalue weighted by molar-refractivity contribution is 6.37. The lowest BCUT2D eigenvalue weighted by Crippen LogP contribution is -2.16. The number of phenolic OH excluding ortho intramolecular Hbond substituents is 1. The fourth-order valence-corrected chi connectivity index (χ4v) is 2.16. The minimum Gasteiger partial charge on any atom is -0.505 e. The second-order valence-electron chi connectivity index (χ2n) is 4.16. The van der Waals surface area contributed by atoms with Crippen LogP contribution in [0.5, 0.6) is 5.75 Å². The molecule has 0 unspecified atom stereocenters. The first-order valence-electron chi connectivity index (χ1n) is 5.52. The zero-order valence-corrected chi connectivity index (χ0v) is 11.9. The summed E-state index contributed by atoms with van der Waals surface area (Å²) in [5, 5.41) is 12.3. The van der Waals surface area contributed by atoms with E-state index in [4.69, 9.17) is 23.2 Å². The number of phenols is 1. The van der Waals surface area contributed by atoms with Crippen LogP contribution in [0.4, 0.5) is 5.69 Å². The van der Waals surface area contributed by atoms with Gasteiger partial charge in [0, 0.05) is 18.4 Å². The highest BCUT2D eigenvalue weighted by Gasteiger charge is 2.13. The van der Waals surface area contributed by atoms with Gasteiger partial charge in [0.15, 0.2) is 5.75 Å². The van der Waals surface area contributed by atoms with Gasteiger partial charge in [-0.3, -0.25) is 4.79 Å². The van der Waals surface area contributed by atoms with Gasteiger partial charge in [-0.15, -0.1) is 0 Å². The van der Waals surface area contributed by atoms with E-state index in [2.05, 4.69) is 5.32 Å². The van der Waals surface area contributed by atoms with Gasteiger partial charge in [0.25, 0.3) is 5.91 Å². The van der Waals surface area contributed by atoms with Crippen LogP contribution >= 0.6 is 23.2 Å². The van der Waals surface area contributed by atoms with Gasteiger partial charge in [-0.2, -0.15) is 0 Å². The number of aromatic hydroxyl groups is 1. The molecule has 1 aromatic carbocycles. The van der Waals surface area contributed by atoms with E-state index in [0.717, 1.165) is 5.69 Å². The number of hydrogen-bond donors (Lipinski definition) is 2. The number of carbonyl (C=O) groups excluding carboxylic acids is 1. The number of carbonyl (C=O) groups is 1. The summed E-state index contributed by atoms with van der Waals surface area (Å²) in [5.41, 5.74) is 1.93. The van der Waals surface area contributed by atoms with Crippen LogP contribution in [0.15, 0.2) is 24.3 Å². The third kappa shape index (κ3) is 2.69. The molecule has 100 valence electrons. The van der Waals surface area contributed by atoms with Crippen molar-refractivity contribution in [1.82, 2.24) is 4.57 Å². The fraction of sp³-hybridized carbons (Fsp3) is 0.154. The Kier molecular flexibility index (Phi) is 3.73. The molecule has 2 rings (SSSR count). The first kappa shape index (κ1) is 13.8. The Labute approximate surface area is 120 Å². The number of nitrogens with zero attached hydrogens (tertiary/aromatic N) is 1. The van der Waals surface area contributed by atoms with Crippen molar-refractivity contribution in [1.29, 1.82) is 0 Å². The van der Waals surface area contributed by atoms with Gasteiger partial charge in [-0.05, 0) is 31.2 Å². The predicted molar refractivity (Wildman–Crippen MR) is 76.2 cm³/mol. The SMILES string of the molecule is Cc1ccc(C(=O)Nc2cc(Cl)c(O)c(Cl)c2)n1C. The van der Waals surface area contributed by atoms with Crippen molar-refractivity contribution >= 4 is 34.8 Å². The van der Waals surface area contributed by atoms with Gasteiger partial charge < -0.3 is 15.0 Å². The lowest BCUT2D eigenvalue weighted by atomic mass is 10.3. The molecule has 0 saturated heterocycles. The monoisotopic (exact) mass is 298 g/mol. The van der Waals surface area contributed by atoms with Crippen molar-refractivity contribution < 1.29 is 9.90 Å². The van der Waals surface area contributed by atoms with Crippen LogP contribution in [0, 0.1) is 6.92 Å². The number of halogens is 2. The number of benzene rings is 1. The molecule has 1 amide bonds. The summed E-state index contributed by atoms with van der Waals surface area (Å²) in [5.74, 6) is -0.468. The van der Waals surface area contributed by atoms with Gasteiger partial charge >= 0.3 is 0 Å². The number of aromatic nitrogens is 1. The third-order valence-corrected chi connectivity index (χ3v) is 3.46. The normalized spacial score (nSPS) is 10.5. The molecular formula is C13H12Cl2N2O2. The van der Waals surface area contributed by atoms with Crippen LogP contribution in [0.2, 0.25) is 10.0 Å². The third-order valence-electron chi connectivity index (χ3n) is 2.88. The van der Waals surface area contributed by atoms with Crippen molar-refractivity contribution in [3.8, 4) is 5.75 Å². The summed E-state index contributed by atoms with van der Waals surface area (Å²) in [4.78, 5) is 12.1. The van der Waals surface area contributed by atoms with Crippen LogP contribution in [-0.2, 0) is 7.05 Å². The van der Waals surface area contributed by atoms with E-state index in [-0.39, 0.29) is 21.7 Å². The van der Waals surface area contributed by atoms with Gasteiger partial charge in [0.2, 0.25) is 0 Å². The average Bonchev–Trinajstić information content (AvgIpc) is 2.67. The molecule has 0 aliphatic rings. The number of aryl methyl sites for hydroxylation is 1. The Hall–Kier alpha value is -1.65. The second-order valence-corrected chi connectivity index (χ2v) is 4.98. The maximum atomic E-state index is 12.1. The van der Waals surface area contributed by atoms with Gasteiger partial charge in [0.1, 0.15) is 5.69 Å². The highest BCUT2D eigenvalue weighted by atomic mass is 35.5. The van der Waals surface area contributed by atoms with E-state index in [1.807, 2.05) is 13.0 Å². The van der Waals surface area contributed by atoms with E-state index < -0.39 is 0 Å². The standard InChI is InChI=1S/C13H12Cl2N2O2/c1-7-3-4-11(17(7)2)13(19)16-8-5-9(14)12(18)10(15)6-8/h3-6,18H,1-2H3,(H,16,19). The molecule has 19 heavy (non-hydrogen) atoms. The second kappa shape index (κ2) is 5.15. The van der Waals surface area contributed by atoms with Crippen LogP contribution in [-0.4, -0.2) is 15.6 Å². The van der Waals surface area contributed by atoms with E-state index in [0.29, 0.717) is 11.4 Å². The summed E-state index contributed by atoms with van der Waals surface area (Å²) >= 11 is 11.6. The molecule has 2 N–H and O–H groups in total. The molecule has 1 aromatic heterocycles. The highest BCUT2D eigenvalue weighted by Crippen LogP contribution is 2.34. The molecule has 0 atom stereocenters. The molecule has 0 fully saturated rings. The van der Waals surface area contributed by atoms with E-state index in [1.165, 1.54) is 12.1 Å². The Bertz CT molecular complexity index is 627. The number of hydrogen-bond acceptors (Lipinski definition) is 2. The molecule has 0 saturated carbocycles.